The van der Waals surface area contributed by atoms with Gasteiger partial charge in [0.2, 0.25) is 0 Å². The second kappa shape index (κ2) is 4.69. The number of hydrogen-bond acceptors (Lipinski definition) is 1. The number of rotatable bonds is 1. The number of aliphatic hydroxyl groups is 1. The van der Waals surface area contributed by atoms with Crippen LogP contribution in [0.4, 0.5) is 13.2 Å². The molecule has 4 bridgehead atoms. The third-order valence-corrected chi connectivity index (χ3v) is 6.09. The second-order valence-electron chi connectivity index (χ2n) is 6.65. The zero-order valence-corrected chi connectivity index (χ0v) is 45.6. The first-order valence-corrected chi connectivity index (χ1v) is 6.95. The minimum absolute atomic E-state index is 0. The van der Waals surface area contributed by atoms with Crippen LogP contribution in [-0.4, -0.2) is 11.3 Å². The molecule has 0 amide bonds. The molecule has 7 atom stereocenters. The van der Waals surface area contributed by atoms with Crippen LogP contribution in [0, 0.1) is 54.0 Å². The van der Waals surface area contributed by atoms with E-state index in [9.17, 15) is 18.3 Å². The van der Waals surface area contributed by atoms with Crippen molar-refractivity contribution in [3.05, 3.63) is 12.5 Å². The third-order valence-electron chi connectivity index (χ3n) is 6.09. The van der Waals surface area contributed by atoms with Gasteiger partial charge < -0.3 is 11.5 Å². The van der Waals surface area contributed by atoms with E-state index in [2.05, 4.69) is 6.42 Å². The van der Waals surface area contributed by atoms with Crippen LogP contribution < -0.4 is 0 Å². The van der Waals surface area contributed by atoms with Crippen molar-refractivity contribution in [2.75, 3.05) is 0 Å². The van der Waals surface area contributed by atoms with Gasteiger partial charge in [0.05, 0.1) is 0 Å². The minimum Gasteiger partial charge on any atom is -0.554 e. The van der Waals surface area contributed by atoms with Gasteiger partial charge in [0.15, 0.2) is 0 Å². The van der Waals surface area contributed by atoms with Crippen molar-refractivity contribution in [1.29, 1.82) is 0 Å². The Bertz CT molecular complexity index is 384. The van der Waals surface area contributed by atoms with Gasteiger partial charge in [0.1, 0.15) is 0 Å². The maximum absolute atomic E-state index is 12.7. The van der Waals surface area contributed by atoms with Gasteiger partial charge in [-0.05, 0) is 31.1 Å². The molecule has 0 aromatic rings. The van der Waals surface area contributed by atoms with Crippen LogP contribution in [0.1, 0.15) is 25.7 Å². The van der Waals surface area contributed by atoms with Crippen LogP contribution in [0.2, 0.25) is 0 Å². The summed E-state index contributed by atoms with van der Waals surface area (Å²) in [5.74, 6) is 2.18. The maximum atomic E-state index is 12.7. The van der Waals surface area contributed by atoms with E-state index in [0.29, 0.717) is 30.1 Å². The summed E-state index contributed by atoms with van der Waals surface area (Å²) in [6, 6.07) is 0. The third kappa shape index (κ3) is 1.74. The quantitative estimate of drug-likeness (QED) is 0.315. The molecule has 1 N–H and O–H groups in total. The molecule has 112 valence electrons. The Morgan fingerprint density at radius 2 is 1.39 bits per heavy atom. The molecule has 1 nitrogen and oxygen atoms in total. The van der Waals surface area contributed by atoms with Crippen LogP contribution in [0.25, 0.3) is 0 Å². The predicted octanol–water partition coefficient (Wildman–Crippen LogP) is 3.59. The first-order valence-electron chi connectivity index (χ1n) is 6.95. The predicted molar refractivity (Wildman–Crippen MR) is 58.4 cm³/mol. The van der Waals surface area contributed by atoms with Crippen molar-refractivity contribution < 1.29 is 18.3 Å². The Balaban J connectivity index is 0. The molecule has 9 heteroatoms. The summed E-state index contributed by atoms with van der Waals surface area (Å²) in [7, 11) is 0. The van der Waals surface area contributed by atoms with E-state index in [1.807, 2.05) is 0 Å². The second-order valence-corrected chi connectivity index (χ2v) is 6.65. The molecular weight excluding hydrogens is 1580 g/mol. The molecule has 4 saturated carbocycles. The molecule has 7 unspecified atom stereocenters. The van der Waals surface area contributed by atoms with E-state index in [-0.39, 0.29) is 5.92 Å². The summed E-state index contributed by atoms with van der Waals surface area (Å²) in [6.07, 6.45) is 0.635. The summed E-state index contributed by atoms with van der Waals surface area (Å²) in [5.41, 5.74) is 0. The van der Waals surface area contributed by atoms with E-state index >= 15 is 0 Å². The molecule has 4 aliphatic rings. The normalized spacial score (nSPS) is 41.9. The van der Waals surface area contributed by atoms with E-state index in [4.69, 9.17) is 0 Å². The Morgan fingerprint density at radius 1 is 0.870 bits per heavy atom. The molecule has 23 heavy (non-hydrogen) atoms. The summed E-state index contributed by atoms with van der Waals surface area (Å²) < 4.78 is 38.0. The standard InChI is InChI=1S/C14H17F3O.5Rf/c15-14(16,17)13(18)10-5-8-4-9(10)12-7-2-1-6(3-7)11(8)12;;;;;/h4,6-12,18H,1-3,5H2;;;;;/q-2;;;;;. The largest absolute Gasteiger partial charge is 0.554 e. The van der Waals surface area contributed by atoms with Gasteiger partial charge in [-0.25, -0.2) is 13.2 Å². The molecule has 0 heterocycles. The molecule has 0 aromatic heterocycles. The number of hydrogen-bond donors (Lipinski definition) is 1. The van der Waals surface area contributed by atoms with Gasteiger partial charge in [-0.15, -0.1) is 6.42 Å². The smallest absolute Gasteiger partial charge is 0.294 e. The van der Waals surface area contributed by atoms with Crippen LogP contribution in [0.5, 0.6) is 0 Å². The van der Waals surface area contributed by atoms with Gasteiger partial charge in [0, 0.05) is 0 Å². The average Bonchev–Trinajstić information content (AvgIpc) is 3.03. The van der Waals surface area contributed by atoms with Gasteiger partial charge in [-0.1, -0.05) is 17.9 Å². The van der Waals surface area contributed by atoms with Gasteiger partial charge in [0.25, 0.3) is 6.18 Å². The van der Waals surface area contributed by atoms with Crippen LogP contribution in [0.15, 0.2) is 0 Å². The Kier molecular flexibility index (Phi) is 4.10. The van der Waals surface area contributed by atoms with Crippen molar-refractivity contribution in [2.24, 2.45) is 41.4 Å². The number of aliphatic hydroxyl groups excluding tert-OH is 1. The molecule has 4 fully saturated rings. The van der Waals surface area contributed by atoms with E-state index < -0.39 is 18.2 Å². The van der Waals surface area contributed by atoms with E-state index in [0.717, 1.165) is 5.92 Å². The van der Waals surface area contributed by atoms with E-state index in [1.165, 1.54) is 19.3 Å². The van der Waals surface area contributed by atoms with Crippen LogP contribution in [-0.2, 0) is 0 Å². The Labute approximate surface area is 105 Å². The molecular formula is C14H17F3ORf5-2. The monoisotopic (exact) mass is 1590 g/mol. The van der Waals surface area contributed by atoms with Crippen molar-refractivity contribution in [1.82, 2.24) is 0 Å². The Hall–Kier alpha value is -5.25. The fourth-order valence-corrected chi connectivity index (χ4v) is 5.72. The molecule has 0 aromatic carbocycles. The fourth-order valence-electron chi connectivity index (χ4n) is 5.72. The molecule has 4 rings (SSSR count). The minimum atomic E-state index is -4.53. The summed E-state index contributed by atoms with van der Waals surface area (Å²) in [6.45, 7) is 0. The van der Waals surface area contributed by atoms with Crippen molar-refractivity contribution >= 4 is 0 Å². The molecule has 4 aliphatic carbocycles. The fraction of sp³-hybridized carbons (Fsp3) is 0.857. The topological polar surface area (TPSA) is 20.2 Å². The summed E-state index contributed by atoms with van der Waals surface area (Å²) >= 11 is 0. The zero-order valence-electron chi connectivity index (χ0n) is 13.6. The molecule has 0 aliphatic heterocycles. The first-order chi connectivity index (χ1) is 8.47. The van der Waals surface area contributed by atoms with Gasteiger partial charge in [-0.3, -0.25) is 0 Å². The maximum Gasteiger partial charge on any atom is 0.294 e. The first kappa shape index (κ1) is 20.1. The summed E-state index contributed by atoms with van der Waals surface area (Å²) in [5, 5.41) is 9.47. The SMILES string of the molecule is O[C-](C1CC2[CH-]C1C1C3CCC(C3)C21)C(F)(F)F.[Rf].[Rf].[Rf].[Rf].[Rf]. The van der Waals surface area contributed by atoms with E-state index in [1.54, 1.807) is 0 Å². The van der Waals surface area contributed by atoms with Gasteiger partial charge >= 0.3 is 0 Å². The number of alkyl halides is 3. The molecule has 0 saturated heterocycles. The van der Waals surface area contributed by atoms with Crippen LogP contribution in [0.3, 0.4) is 0 Å². The summed E-state index contributed by atoms with van der Waals surface area (Å²) in [4.78, 5) is 0. The van der Waals surface area contributed by atoms with Gasteiger partial charge in [-0.2, -0.15) is 17.8 Å². The van der Waals surface area contributed by atoms with Crippen molar-refractivity contribution in [2.45, 2.75) is 31.9 Å². The van der Waals surface area contributed by atoms with Crippen LogP contribution >= 0.6 is 0 Å². The molecule has 0 spiro atoms. The van der Waals surface area contributed by atoms with Crippen molar-refractivity contribution in [3.63, 3.8) is 0 Å². The van der Waals surface area contributed by atoms with Crippen molar-refractivity contribution in [3.8, 4) is 0 Å². The Morgan fingerprint density at radius 3 is 1.91 bits per heavy atom. The number of halogens is 3. The average molecular weight is 1590 g/mol. The number of fused-ring (bicyclic) bond motifs is 9. The molecule has 0 radical (unpaired) electrons. The zero-order chi connectivity index (χ0) is 12.7.